The van der Waals surface area contributed by atoms with Crippen molar-refractivity contribution in [3.05, 3.63) is 68.9 Å². The second-order valence-electron chi connectivity index (χ2n) is 6.76. The molecule has 0 aliphatic carbocycles. The lowest BCUT2D eigenvalue weighted by molar-refractivity contribution is 0.462. The first-order valence-electron chi connectivity index (χ1n) is 8.84. The summed E-state index contributed by atoms with van der Waals surface area (Å²) in [5.41, 5.74) is 1.24. The summed E-state index contributed by atoms with van der Waals surface area (Å²) in [7, 11) is -3.91. The van der Waals surface area contributed by atoms with Crippen LogP contribution in [0.3, 0.4) is 0 Å². The van der Waals surface area contributed by atoms with Crippen molar-refractivity contribution < 1.29 is 8.42 Å². The smallest absolute Gasteiger partial charge is 0.267 e. The molecular weight excluding hydrogens is 428 g/mol. The van der Waals surface area contributed by atoms with Crippen LogP contribution >= 0.6 is 15.9 Å². The molecule has 7 heteroatoms. The lowest BCUT2D eigenvalue weighted by Crippen LogP contribution is -2.27. The zero-order valence-corrected chi connectivity index (χ0v) is 16.9. The fourth-order valence-corrected chi connectivity index (χ4v) is 5.59. The average Bonchev–Trinajstić information content (AvgIpc) is 2.67. The Morgan fingerprint density at radius 2 is 1.74 bits per heavy atom. The zero-order valence-electron chi connectivity index (χ0n) is 14.5. The van der Waals surface area contributed by atoms with Crippen molar-refractivity contribution in [2.24, 2.45) is 0 Å². The highest BCUT2D eigenvalue weighted by Gasteiger charge is 2.24. The maximum absolute atomic E-state index is 13.0. The van der Waals surface area contributed by atoms with Gasteiger partial charge < -0.3 is 10.3 Å². The number of hydrogen-bond acceptors (Lipinski definition) is 4. The highest BCUT2D eigenvalue weighted by Crippen LogP contribution is 2.31. The fourth-order valence-electron chi connectivity index (χ4n) is 3.67. The SMILES string of the molecule is O=c1[nH]c2c(C3CCNCC3)cccc2cc1S(=O)(=O)c1cccc(Br)c1. The standard InChI is InChI=1S/C20H19BrN2O3S/c21-15-4-2-5-16(12-15)27(25,26)18-11-14-3-1-6-17(19(14)23-20(18)24)13-7-9-22-10-8-13/h1-6,11-13,22H,7-10H2,(H,23,24). The van der Waals surface area contributed by atoms with E-state index in [0.29, 0.717) is 10.4 Å². The van der Waals surface area contributed by atoms with Crippen LogP contribution in [0.1, 0.15) is 24.3 Å². The van der Waals surface area contributed by atoms with Crippen LogP contribution in [0, 0.1) is 0 Å². The van der Waals surface area contributed by atoms with Crippen molar-refractivity contribution in [2.75, 3.05) is 13.1 Å². The van der Waals surface area contributed by atoms with E-state index >= 15 is 0 Å². The molecule has 0 radical (unpaired) electrons. The third kappa shape index (κ3) is 3.47. The predicted molar refractivity (Wildman–Crippen MR) is 109 cm³/mol. The molecule has 27 heavy (non-hydrogen) atoms. The number of para-hydroxylation sites is 1. The van der Waals surface area contributed by atoms with Gasteiger partial charge >= 0.3 is 0 Å². The van der Waals surface area contributed by atoms with Crippen LogP contribution in [-0.4, -0.2) is 26.5 Å². The van der Waals surface area contributed by atoms with E-state index in [1.807, 2.05) is 18.2 Å². The van der Waals surface area contributed by atoms with Crippen molar-refractivity contribution in [3.63, 3.8) is 0 Å². The largest absolute Gasteiger partial charge is 0.321 e. The van der Waals surface area contributed by atoms with E-state index < -0.39 is 15.4 Å². The maximum Gasteiger partial charge on any atom is 0.267 e. The first-order valence-corrected chi connectivity index (χ1v) is 11.1. The van der Waals surface area contributed by atoms with Gasteiger partial charge in [0.15, 0.2) is 0 Å². The number of fused-ring (bicyclic) bond motifs is 1. The van der Waals surface area contributed by atoms with E-state index in [-0.39, 0.29) is 9.79 Å². The second kappa shape index (κ2) is 7.22. The number of pyridine rings is 1. The monoisotopic (exact) mass is 446 g/mol. The van der Waals surface area contributed by atoms with E-state index in [1.165, 1.54) is 18.2 Å². The van der Waals surface area contributed by atoms with E-state index in [9.17, 15) is 13.2 Å². The van der Waals surface area contributed by atoms with Gasteiger partial charge in [-0.05, 0) is 67.1 Å². The number of hydrogen-bond donors (Lipinski definition) is 2. The number of nitrogens with one attached hydrogen (secondary N) is 2. The molecule has 1 aromatic heterocycles. The molecule has 0 bridgehead atoms. The van der Waals surface area contributed by atoms with Crippen LogP contribution in [0.2, 0.25) is 0 Å². The molecule has 1 saturated heterocycles. The summed E-state index contributed by atoms with van der Waals surface area (Å²) >= 11 is 3.28. The highest BCUT2D eigenvalue weighted by molar-refractivity contribution is 9.10. The van der Waals surface area contributed by atoms with Gasteiger partial charge in [-0.3, -0.25) is 4.79 Å². The summed E-state index contributed by atoms with van der Waals surface area (Å²) in [5.74, 6) is 0.359. The molecule has 140 valence electrons. The topological polar surface area (TPSA) is 79.0 Å². The first-order chi connectivity index (χ1) is 13.0. The highest BCUT2D eigenvalue weighted by atomic mass is 79.9. The minimum Gasteiger partial charge on any atom is -0.321 e. The molecule has 1 aliphatic heterocycles. The number of halogens is 1. The van der Waals surface area contributed by atoms with Gasteiger partial charge in [0.05, 0.1) is 10.4 Å². The van der Waals surface area contributed by atoms with E-state index in [4.69, 9.17) is 0 Å². The number of aromatic nitrogens is 1. The van der Waals surface area contributed by atoms with Crippen LogP contribution < -0.4 is 10.9 Å². The molecule has 0 unspecified atom stereocenters. The first kappa shape index (κ1) is 18.4. The number of aromatic amines is 1. The fraction of sp³-hybridized carbons (Fsp3) is 0.250. The van der Waals surface area contributed by atoms with Crippen molar-refractivity contribution in [3.8, 4) is 0 Å². The van der Waals surface area contributed by atoms with Gasteiger partial charge in [-0.25, -0.2) is 8.42 Å². The van der Waals surface area contributed by atoms with E-state index in [0.717, 1.165) is 42.4 Å². The molecule has 2 aromatic carbocycles. The van der Waals surface area contributed by atoms with Gasteiger partial charge in [0.2, 0.25) is 9.84 Å². The van der Waals surface area contributed by atoms with Gasteiger partial charge in [-0.1, -0.05) is 40.2 Å². The molecule has 5 nitrogen and oxygen atoms in total. The Labute approximate surface area is 165 Å². The molecule has 1 aliphatic rings. The summed E-state index contributed by atoms with van der Waals surface area (Å²) in [5, 5.41) is 4.08. The molecule has 0 spiro atoms. The number of benzene rings is 2. The van der Waals surface area contributed by atoms with Gasteiger partial charge in [0.25, 0.3) is 5.56 Å². The lowest BCUT2D eigenvalue weighted by atomic mass is 9.89. The van der Waals surface area contributed by atoms with Gasteiger partial charge in [-0.15, -0.1) is 0 Å². The Balaban J connectivity index is 1.87. The summed E-state index contributed by atoms with van der Waals surface area (Å²) < 4.78 is 26.6. The second-order valence-corrected chi connectivity index (χ2v) is 9.59. The minimum absolute atomic E-state index is 0.0937. The Hall–Kier alpha value is -1.96. The molecular formula is C20H19BrN2O3S. The Kier molecular flexibility index (Phi) is 4.92. The normalized spacial score (nSPS) is 15.9. The number of piperidine rings is 1. The zero-order chi connectivity index (χ0) is 19.0. The van der Waals surface area contributed by atoms with Gasteiger partial charge in [0.1, 0.15) is 4.90 Å². The summed E-state index contributed by atoms with van der Waals surface area (Å²) in [4.78, 5) is 15.4. The number of rotatable bonds is 3. The average molecular weight is 447 g/mol. The van der Waals surface area contributed by atoms with E-state index in [1.54, 1.807) is 12.1 Å². The third-order valence-electron chi connectivity index (χ3n) is 5.05. The molecule has 0 saturated carbocycles. The number of H-pyrrole nitrogens is 1. The molecule has 1 fully saturated rings. The maximum atomic E-state index is 13.0. The van der Waals surface area contributed by atoms with Gasteiger partial charge in [0, 0.05) is 4.47 Å². The lowest BCUT2D eigenvalue weighted by Gasteiger charge is -2.24. The molecule has 0 amide bonds. The molecule has 4 rings (SSSR count). The Morgan fingerprint density at radius 3 is 2.48 bits per heavy atom. The van der Waals surface area contributed by atoms with Gasteiger partial charge in [-0.2, -0.15) is 0 Å². The molecule has 2 N–H and O–H groups in total. The van der Waals surface area contributed by atoms with Crippen molar-refractivity contribution >= 4 is 36.7 Å². The van der Waals surface area contributed by atoms with Crippen LogP contribution in [-0.2, 0) is 9.84 Å². The van der Waals surface area contributed by atoms with Crippen molar-refractivity contribution in [1.29, 1.82) is 0 Å². The minimum atomic E-state index is -3.91. The van der Waals surface area contributed by atoms with Crippen LogP contribution in [0.25, 0.3) is 10.9 Å². The quantitative estimate of drug-likeness (QED) is 0.643. The Bertz CT molecular complexity index is 1170. The Morgan fingerprint density at radius 1 is 1.00 bits per heavy atom. The summed E-state index contributed by atoms with van der Waals surface area (Å²) in [6.07, 6.45) is 2.00. The van der Waals surface area contributed by atoms with E-state index in [2.05, 4.69) is 26.2 Å². The predicted octanol–water partition coefficient (Wildman–Crippen LogP) is 3.59. The molecule has 3 aromatic rings. The van der Waals surface area contributed by atoms with Crippen molar-refractivity contribution in [1.82, 2.24) is 10.3 Å². The third-order valence-corrected chi connectivity index (χ3v) is 7.30. The summed E-state index contributed by atoms with van der Waals surface area (Å²) in [6, 6.07) is 13.7. The molecule has 2 heterocycles. The number of sulfone groups is 1. The van der Waals surface area contributed by atoms with Crippen LogP contribution in [0.15, 0.2) is 67.6 Å². The van der Waals surface area contributed by atoms with Crippen LogP contribution in [0.5, 0.6) is 0 Å². The summed E-state index contributed by atoms with van der Waals surface area (Å²) in [6.45, 7) is 1.89. The molecule has 0 atom stereocenters. The van der Waals surface area contributed by atoms with Crippen LogP contribution in [0.4, 0.5) is 0 Å². The van der Waals surface area contributed by atoms with Crippen molar-refractivity contribution in [2.45, 2.75) is 28.6 Å².